The summed E-state index contributed by atoms with van der Waals surface area (Å²) in [6.45, 7) is 6.84. The molecule has 1 amide bonds. The molecule has 3 heteroatoms. The van der Waals surface area contributed by atoms with Crippen molar-refractivity contribution in [2.24, 2.45) is 29.1 Å². The monoisotopic (exact) mass is 317 g/mol. The van der Waals surface area contributed by atoms with Gasteiger partial charge in [-0.3, -0.25) is 4.79 Å². The average Bonchev–Trinajstić information content (AvgIpc) is 2.81. The molecule has 0 radical (unpaired) electrons. The van der Waals surface area contributed by atoms with E-state index in [-0.39, 0.29) is 5.91 Å². The van der Waals surface area contributed by atoms with E-state index in [2.05, 4.69) is 32.2 Å². The Morgan fingerprint density at radius 1 is 1.26 bits per heavy atom. The van der Waals surface area contributed by atoms with Gasteiger partial charge in [-0.2, -0.15) is 0 Å². The van der Waals surface area contributed by atoms with Crippen LogP contribution in [0.3, 0.4) is 0 Å². The molecule has 0 aromatic heterocycles. The highest BCUT2D eigenvalue weighted by Gasteiger charge is 2.55. The largest absolute Gasteiger partial charge is 0.376 e. The van der Waals surface area contributed by atoms with Gasteiger partial charge in [0.15, 0.2) is 0 Å². The molecule has 3 saturated carbocycles. The highest BCUT2D eigenvalue weighted by atomic mass is 16.5. The van der Waals surface area contributed by atoms with Crippen LogP contribution in [-0.4, -0.2) is 24.2 Å². The number of carbonyl (C=O) groups is 1. The maximum atomic E-state index is 11.6. The molecule has 4 rings (SSSR count). The smallest absolute Gasteiger partial charge is 0.243 e. The minimum absolute atomic E-state index is 0.108. The number of rotatable bonds is 2. The van der Waals surface area contributed by atoms with Crippen molar-refractivity contribution in [1.82, 2.24) is 5.32 Å². The molecule has 1 heterocycles. The summed E-state index contributed by atoms with van der Waals surface area (Å²) in [6.07, 6.45) is 12.4. The van der Waals surface area contributed by atoms with Crippen LogP contribution in [0, 0.1) is 29.1 Å². The fourth-order valence-corrected chi connectivity index (χ4v) is 6.43. The fourth-order valence-electron chi connectivity index (χ4n) is 6.43. The Kier molecular flexibility index (Phi) is 3.83. The number of hydrogen-bond donors (Lipinski definition) is 1. The summed E-state index contributed by atoms with van der Waals surface area (Å²) in [6, 6.07) is 0.391. The van der Waals surface area contributed by atoms with E-state index >= 15 is 0 Å². The molecule has 1 aliphatic heterocycles. The van der Waals surface area contributed by atoms with Crippen molar-refractivity contribution in [2.75, 3.05) is 0 Å². The van der Waals surface area contributed by atoms with Gasteiger partial charge in [0, 0.05) is 12.0 Å². The molecule has 0 bridgehead atoms. The second-order valence-electron chi connectivity index (χ2n) is 9.00. The normalized spacial score (nSPS) is 48.6. The van der Waals surface area contributed by atoms with Gasteiger partial charge < -0.3 is 10.1 Å². The van der Waals surface area contributed by atoms with Crippen LogP contribution in [0.25, 0.3) is 0 Å². The van der Waals surface area contributed by atoms with Gasteiger partial charge in [-0.1, -0.05) is 13.0 Å². The van der Waals surface area contributed by atoms with Crippen LogP contribution >= 0.6 is 0 Å². The Hall–Kier alpha value is -0.830. The lowest BCUT2D eigenvalue weighted by molar-refractivity contribution is -0.119. The molecular formula is C20H31NO2. The highest BCUT2D eigenvalue weighted by Crippen LogP contribution is 2.61. The van der Waals surface area contributed by atoms with Crippen LogP contribution in [0.15, 0.2) is 12.2 Å². The third kappa shape index (κ3) is 2.65. The van der Waals surface area contributed by atoms with Gasteiger partial charge in [-0.25, -0.2) is 0 Å². The van der Waals surface area contributed by atoms with Crippen LogP contribution in [-0.2, 0) is 9.53 Å². The summed E-state index contributed by atoms with van der Waals surface area (Å²) < 4.78 is 6.20. The van der Waals surface area contributed by atoms with Crippen LogP contribution in [0.1, 0.15) is 59.3 Å². The predicted molar refractivity (Wildman–Crippen MR) is 90.8 cm³/mol. The fraction of sp³-hybridized carbons (Fsp3) is 0.850. The van der Waals surface area contributed by atoms with Gasteiger partial charge in [0.2, 0.25) is 5.91 Å². The Morgan fingerprint density at radius 2 is 2.09 bits per heavy atom. The summed E-state index contributed by atoms with van der Waals surface area (Å²) in [4.78, 5) is 11.6. The zero-order valence-corrected chi connectivity index (χ0v) is 14.8. The van der Waals surface area contributed by atoms with E-state index < -0.39 is 0 Å². The zero-order chi connectivity index (χ0) is 16.2. The topological polar surface area (TPSA) is 38.3 Å². The second kappa shape index (κ2) is 5.61. The standard InChI is InChI=1S/C20H31NO2/c1-12(2)23-13-10-17-15-4-6-18-16(5-7-19(22)21-18)14(15)8-9-20(17,3)11-13/h5,7,12-18H,4,6,8-11H2,1-3H3,(H,21,22)/t13-,14-,15+,16+,17-,18+,20+/m0/s1. The zero-order valence-electron chi connectivity index (χ0n) is 14.8. The number of nitrogens with one attached hydrogen (secondary N) is 1. The maximum absolute atomic E-state index is 11.6. The Bertz CT molecular complexity index is 514. The molecule has 0 aromatic carbocycles. The Morgan fingerprint density at radius 3 is 2.87 bits per heavy atom. The van der Waals surface area contributed by atoms with Crippen molar-refractivity contribution in [1.29, 1.82) is 0 Å². The summed E-state index contributed by atoms with van der Waals surface area (Å²) in [7, 11) is 0. The lowest BCUT2D eigenvalue weighted by Crippen LogP contribution is -2.53. The molecule has 23 heavy (non-hydrogen) atoms. The van der Waals surface area contributed by atoms with Gasteiger partial charge in [0.25, 0.3) is 0 Å². The second-order valence-corrected chi connectivity index (χ2v) is 9.00. The van der Waals surface area contributed by atoms with Crippen LogP contribution in [0.2, 0.25) is 0 Å². The predicted octanol–water partition coefficient (Wildman–Crippen LogP) is 3.69. The van der Waals surface area contributed by atoms with Crippen molar-refractivity contribution < 1.29 is 9.53 Å². The SMILES string of the molecule is CC(C)O[C@H]1C[C@H]2[C@@H]3CC[C@H]4NC(=O)C=C[C@@H]4[C@H]3CC[C@]2(C)C1. The first-order chi connectivity index (χ1) is 11.0. The Balaban J connectivity index is 1.54. The van der Waals surface area contributed by atoms with E-state index in [4.69, 9.17) is 4.74 Å². The Labute approximate surface area is 140 Å². The van der Waals surface area contributed by atoms with E-state index in [1.165, 1.54) is 32.1 Å². The maximum Gasteiger partial charge on any atom is 0.243 e. The molecule has 128 valence electrons. The van der Waals surface area contributed by atoms with E-state index in [0.717, 1.165) is 24.2 Å². The van der Waals surface area contributed by atoms with E-state index in [9.17, 15) is 4.79 Å². The van der Waals surface area contributed by atoms with E-state index in [1.807, 2.05) is 0 Å². The number of carbonyl (C=O) groups excluding carboxylic acids is 1. The lowest BCUT2D eigenvalue weighted by atomic mass is 9.53. The first kappa shape index (κ1) is 15.7. The molecule has 0 unspecified atom stereocenters. The third-order valence-corrected chi connectivity index (χ3v) is 7.25. The molecule has 0 spiro atoms. The summed E-state index contributed by atoms with van der Waals surface area (Å²) >= 11 is 0. The number of hydrogen-bond acceptors (Lipinski definition) is 2. The molecule has 4 aliphatic rings. The van der Waals surface area contributed by atoms with Crippen molar-refractivity contribution in [3.05, 3.63) is 12.2 Å². The number of fused-ring (bicyclic) bond motifs is 5. The van der Waals surface area contributed by atoms with Crippen LogP contribution in [0.5, 0.6) is 0 Å². The molecule has 7 atom stereocenters. The van der Waals surface area contributed by atoms with Crippen LogP contribution in [0.4, 0.5) is 0 Å². The molecule has 0 aromatic rings. The minimum Gasteiger partial charge on any atom is -0.376 e. The first-order valence-corrected chi connectivity index (χ1v) is 9.60. The summed E-state index contributed by atoms with van der Waals surface area (Å²) in [5.74, 6) is 3.09. The van der Waals surface area contributed by atoms with E-state index in [1.54, 1.807) is 6.08 Å². The number of ether oxygens (including phenoxy) is 1. The van der Waals surface area contributed by atoms with E-state index in [0.29, 0.717) is 29.6 Å². The van der Waals surface area contributed by atoms with Gasteiger partial charge in [-0.05, 0) is 81.6 Å². The van der Waals surface area contributed by atoms with Gasteiger partial charge in [-0.15, -0.1) is 0 Å². The molecule has 3 aliphatic carbocycles. The molecule has 0 saturated heterocycles. The lowest BCUT2D eigenvalue weighted by Gasteiger charge is -2.53. The molecule has 3 fully saturated rings. The van der Waals surface area contributed by atoms with Gasteiger partial charge in [0.1, 0.15) is 0 Å². The summed E-state index contributed by atoms with van der Waals surface area (Å²) in [5, 5.41) is 3.20. The average molecular weight is 317 g/mol. The minimum atomic E-state index is 0.108. The molecule has 3 nitrogen and oxygen atoms in total. The van der Waals surface area contributed by atoms with Crippen molar-refractivity contribution >= 4 is 5.91 Å². The van der Waals surface area contributed by atoms with Crippen molar-refractivity contribution in [2.45, 2.75) is 77.5 Å². The quantitative estimate of drug-likeness (QED) is 0.843. The highest BCUT2D eigenvalue weighted by molar-refractivity contribution is 5.88. The van der Waals surface area contributed by atoms with Crippen LogP contribution < -0.4 is 5.32 Å². The molecular weight excluding hydrogens is 286 g/mol. The van der Waals surface area contributed by atoms with Crippen molar-refractivity contribution in [3.63, 3.8) is 0 Å². The molecule has 1 N–H and O–H groups in total. The summed E-state index contributed by atoms with van der Waals surface area (Å²) in [5.41, 5.74) is 0.481. The first-order valence-electron chi connectivity index (χ1n) is 9.60. The number of amides is 1. The van der Waals surface area contributed by atoms with Gasteiger partial charge >= 0.3 is 0 Å². The third-order valence-electron chi connectivity index (χ3n) is 7.25. The van der Waals surface area contributed by atoms with Gasteiger partial charge in [0.05, 0.1) is 12.2 Å². The van der Waals surface area contributed by atoms with Crippen molar-refractivity contribution in [3.8, 4) is 0 Å².